The van der Waals surface area contributed by atoms with Crippen molar-refractivity contribution < 1.29 is 4.79 Å². The van der Waals surface area contributed by atoms with E-state index in [2.05, 4.69) is 20.7 Å². The fourth-order valence-electron chi connectivity index (χ4n) is 2.23. The van der Waals surface area contributed by atoms with Crippen molar-refractivity contribution >= 4 is 11.6 Å². The van der Waals surface area contributed by atoms with Gasteiger partial charge in [-0.15, -0.1) is 0 Å². The fourth-order valence-corrected chi connectivity index (χ4v) is 2.23. The first-order chi connectivity index (χ1) is 9.61. The summed E-state index contributed by atoms with van der Waals surface area (Å²) in [7, 11) is 1.77. The maximum Gasteiger partial charge on any atom is 0.286 e. The zero-order chi connectivity index (χ0) is 14.5. The number of aromatic nitrogens is 2. The average Bonchev–Trinajstić information content (AvgIpc) is 2.47. The van der Waals surface area contributed by atoms with Gasteiger partial charge in [0.15, 0.2) is 5.69 Å². The Labute approximate surface area is 120 Å². The van der Waals surface area contributed by atoms with Crippen LogP contribution >= 0.6 is 0 Å². The number of hydrogen-bond acceptors (Lipinski definition) is 5. The number of piperidine rings is 1. The standard InChI is InChI=1S/C14H23N5O/c1-10(2)13-16-9-11(15-3)12(17-13)14(20)18-19-7-5-4-6-8-19/h9-10,15H,4-8H2,1-3H3,(H,18,20). The second kappa shape index (κ2) is 6.65. The van der Waals surface area contributed by atoms with Gasteiger partial charge in [-0.3, -0.25) is 10.2 Å². The second-order valence-electron chi connectivity index (χ2n) is 5.38. The highest BCUT2D eigenvalue weighted by atomic mass is 16.2. The molecule has 0 saturated carbocycles. The number of hydrazine groups is 1. The second-order valence-corrected chi connectivity index (χ2v) is 5.38. The minimum Gasteiger partial charge on any atom is -0.385 e. The van der Waals surface area contributed by atoms with Gasteiger partial charge in [0, 0.05) is 26.1 Å². The SMILES string of the molecule is CNc1cnc(C(C)C)nc1C(=O)NN1CCCCC1. The summed E-state index contributed by atoms with van der Waals surface area (Å²) in [6.45, 7) is 5.84. The minimum absolute atomic E-state index is 0.166. The van der Waals surface area contributed by atoms with Gasteiger partial charge in [-0.2, -0.15) is 0 Å². The lowest BCUT2D eigenvalue weighted by molar-refractivity contribution is 0.0745. The molecule has 0 atom stereocenters. The van der Waals surface area contributed by atoms with E-state index < -0.39 is 0 Å². The summed E-state index contributed by atoms with van der Waals surface area (Å²) >= 11 is 0. The first kappa shape index (κ1) is 14.7. The number of anilines is 1. The smallest absolute Gasteiger partial charge is 0.286 e. The number of carbonyl (C=O) groups is 1. The number of nitrogens with zero attached hydrogens (tertiary/aromatic N) is 3. The predicted molar refractivity (Wildman–Crippen MR) is 78.6 cm³/mol. The summed E-state index contributed by atoms with van der Waals surface area (Å²) in [6, 6.07) is 0. The van der Waals surface area contributed by atoms with Crippen molar-refractivity contribution in [3.63, 3.8) is 0 Å². The van der Waals surface area contributed by atoms with E-state index in [1.54, 1.807) is 13.2 Å². The van der Waals surface area contributed by atoms with Crippen LogP contribution in [-0.4, -0.2) is 41.0 Å². The van der Waals surface area contributed by atoms with E-state index in [0.29, 0.717) is 17.2 Å². The van der Waals surface area contributed by atoms with Gasteiger partial charge in [0.2, 0.25) is 0 Å². The summed E-state index contributed by atoms with van der Waals surface area (Å²) in [6.07, 6.45) is 5.16. The molecule has 6 nitrogen and oxygen atoms in total. The van der Waals surface area contributed by atoms with Gasteiger partial charge in [0.05, 0.1) is 11.9 Å². The van der Waals surface area contributed by atoms with E-state index in [1.807, 2.05) is 18.9 Å². The molecule has 0 unspecified atom stereocenters. The van der Waals surface area contributed by atoms with Crippen LogP contribution in [-0.2, 0) is 0 Å². The largest absolute Gasteiger partial charge is 0.385 e. The van der Waals surface area contributed by atoms with Crippen molar-refractivity contribution in [2.75, 3.05) is 25.5 Å². The van der Waals surface area contributed by atoms with Gasteiger partial charge >= 0.3 is 0 Å². The molecule has 1 aliphatic rings. The quantitative estimate of drug-likeness (QED) is 0.877. The maximum atomic E-state index is 12.4. The molecule has 1 saturated heterocycles. The summed E-state index contributed by atoms with van der Waals surface area (Å²) in [4.78, 5) is 21.1. The molecule has 0 aromatic carbocycles. The van der Waals surface area contributed by atoms with Gasteiger partial charge in [-0.1, -0.05) is 20.3 Å². The molecule has 1 fully saturated rings. The molecule has 20 heavy (non-hydrogen) atoms. The molecular formula is C14H23N5O. The summed E-state index contributed by atoms with van der Waals surface area (Å²) in [5.74, 6) is 0.718. The molecule has 1 amide bonds. The van der Waals surface area contributed by atoms with Gasteiger partial charge in [-0.25, -0.2) is 15.0 Å². The van der Waals surface area contributed by atoms with E-state index in [1.165, 1.54) is 6.42 Å². The first-order valence-electron chi connectivity index (χ1n) is 7.22. The molecule has 0 aliphatic carbocycles. The van der Waals surface area contributed by atoms with Crippen molar-refractivity contribution in [1.29, 1.82) is 0 Å². The van der Waals surface area contributed by atoms with Crippen LogP contribution in [0, 0.1) is 0 Å². The third-order valence-electron chi connectivity index (χ3n) is 3.42. The van der Waals surface area contributed by atoms with Crippen LogP contribution in [0.2, 0.25) is 0 Å². The Morgan fingerprint density at radius 3 is 2.60 bits per heavy atom. The van der Waals surface area contributed by atoms with Crippen LogP contribution in [0.5, 0.6) is 0 Å². The van der Waals surface area contributed by atoms with E-state index in [9.17, 15) is 4.79 Å². The Balaban J connectivity index is 2.16. The molecule has 1 aromatic rings. The van der Waals surface area contributed by atoms with Gasteiger partial charge in [0.25, 0.3) is 5.91 Å². The predicted octanol–water partition coefficient (Wildman–Crippen LogP) is 1.77. The monoisotopic (exact) mass is 277 g/mol. The summed E-state index contributed by atoms with van der Waals surface area (Å²) < 4.78 is 0. The third-order valence-corrected chi connectivity index (χ3v) is 3.42. The van der Waals surface area contributed by atoms with E-state index in [-0.39, 0.29) is 11.8 Å². The summed E-state index contributed by atoms with van der Waals surface area (Å²) in [5.41, 5.74) is 4.01. The van der Waals surface area contributed by atoms with Crippen LogP contribution in [0.4, 0.5) is 5.69 Å². The minimum atomic E-state index is -0.166. The van der Waals surface area contributed by atoms with Gasteiger partial charge < -0.3 is 5.32 Å². The van der Waals surface area contributed by atoms with E-state index in [4.69, 9.17) is 0 Å². The highest BCUT2D eigenvalue weighted by Crippen LogP contribution is 2.16. The molecule has 0 radical (unpaired) electrons. The lowest BCUT2D eigenvalue weighted by Crippen LogP contribution is -2.45. The van der Waals surface area contributed by atoms with Crippen molar-refractivity contribution in [3.05, 3.63) is 17.7 Å². The molecule has 0 bridgehead atoms. The Morgan fingerprint density at radius 1 is 1.30 bits per heavy atom. The van der Waals surface area contributed by atoms with Crippen LogP contribution in [0.1, 0.15) is 55.3 Å². The van der Waals surface area contributed by atoms with E-state index >= 15 is 0 Å². The highest BCUT2D eigenvalue weighted by Gasteiger charge is 2.19. The Kier molecular flexibility index (Phi) is 4.89. The zero-order valence-electron chi connectivity index (χ0n) is 12.4. The maximum absolute atomic E-state index is 12.4. The first-order valence-corrected chi connectivity index (χ1v) is 7.22. The molecule has 110 valence electrons. The van der Waals surface area contributed by atoms with Crippen molar-refractivity contribution in [1.82, 2.24) is 20.4 Å². The van der Waals surface area contributed by atoms with Crippen LogP contribution in [0.3, 0.4) is 0 Å². The number of hydrogen-bond donors (Lipinski definition) is 2. The van der Waals surface area contributed by atoms with Crippen molar-refractivity contribution in [3.8, 4) is 0 Å². The number of nitrogens with one attached hydrogen (secondary N) is 2. The lowest BCUT2D eigenvalue weighted by Gasteiger charge is -2.27. The third kappa shape index (κ3) is 3.45. The number of carbonyl (C=O) groups excluding carboxylic acids is 1. The zero-order valence-corrected chi connectivity index (χ0v) is 12.4. The molecule has 2 rings (SSSR count). The molecule has 1 aromatic heterocycles. The molecule has 2 N–H and O–H groups in total. The van der Waals surface area contributed by atoms with Crippen molar-refractivity contribution in [2.45, 2.75) is 39.0 Å². The topological polar surface area (TPSA) is 70.1 Å². The molecule has 2 heterocycles. The highest BCUT2D eigenvalue weighted by molar-refractivity contribution is 5.97. The average molecular weight is 277 g/mol. The Morgan fingerprint density at radius 2 is 2.00 bits per heavy atom. The molecule has 1 aliphatic heterocycles. The molecule has 6 heteroatoms. The van der Waals surface area contributed by atoms with Crippen LogP contribution in [0.15, 0.2) is 6.20 Å². The fraction of sp³-hybridized carbons (Fsp3) is 0.643. The Bertz CT molecular complexity index is 469. The number of amides is 1. The van der Waals surface area contributed by atoms with Crippen molar-refractivity contribution in [2.24, 2.45) is 0 Å². The van der Waals surface area contributed by atoms with Crippen LogP contribution in [0.25, 0.3) is 0 Å². The number of rotatable bonds is 4. The summed E-state index contributed by atoms with van der Waals surface area (Å²) in [5, 5.41) is 4.95. The van der Waals surface area contributed by atoms with Gasteiger partial charge in [-0.05, 0) is 12.8 Å². The van der Waals surface area contributed by atoms with Gasteiger partial charge in [0.1, 0.15) is 5.82 Å². The van der Waals surface area contributed by atoms with Crippen LogP contribution < -0.4 is 10.7 Å². The normalized spacial score (nSPS) is 16.2. The lowest BCUT2D eigenvalue weighted by atomic mass is 10.2. The molecular weight excluding hydrogens is 254 g/mol. The van der Waals surface area contributed by atoms with E-state index in [0.717, 1.165) is 25.9 Å². The molecule has 0 spiro atoms. The Hall–Kier alpha value is -1.69.